The van der Waals surface area contributed by atoms with Gasteiger partial charge in [0.2, 0.25) is 0 Å². The van der Waals surface area contributed by atoms with Crippen molar-refractivity contribution in [1.82, 2.24) is 5.32 Å². The first kappa shape index (κ1) is 14.6. The molecule has 2 rings (SSSR count). The smallest absolute Gasteiger partial charge is 0.0320 e. The van der Waals surface area contributed by atoms with E-state index in [0.29, 0.717) is 12.1 Å². The van der Waals surface area contributed by atoms with Gasteiger partial charge in [0.1, 0.15) is 0 Å². The molecule has 2 atom stereocenters. The van der Waals surface area contributed by atoms with Crippen LogP contribution in [0.5, 0.6) is 0 Å². The first-order valence-electron chi connectivity index (χ1n) is 8.03. The molecule has 0 radical (unpaired) electrons. The molecule has 0 heterocycles. The van der Waals surface area contributed by atoms with Gasteiger partial charge < -0.3 is 5.32 Å². The van der Waals surface area contributed by atoms with Crippen molar-refractivity contribution in [3.63, 3.8) is 0 Å². The Hall–Kier alpha value is -0.820. The highest BCUT2D eigenvalue weighted by Crippen LogP contribution is 2.28. The summed E-state index contributed by atoms with van der Waals surface area (Å²) in [4.78, 5) is 0. The van der Waals surface area contributed by atoms with Crippen molar-refractivity contribution in [1.29, 1.82) is 0 Å². The highest BCUT2D eigenvalue weighted by atomic mass is 14.9. The van der Waals surface area contributed by atoms with Gasteiger partial charge in [-0.2, -0.15) is 0 Å². The van der Waals surface area contributed by atoms with Crippen LogP contribution in [0.1, 0.15) is 69.5 Å². The lowest BCUT2D eigenvalue weighted by Crippen LogP contribution is -2.37. The summed E-state index contributed by atoms with van der Waals surface area (Å²) in [5.41, 5.74) is 2.79. The second-order valence-corrected chi connectivity index (χ2v) is 6.22. The molecule has 0 aromatic heterocycles. The van der Waals surface area contributed by atoms with E-state index in [4.69, 9.17) is 0 Å². The quantitative estimate of drug-likeness (QED) is 0.784. The van der Waals surface area contributed by atoms with Gasteiger partial charge in [-0.3, -0.25) is 0 Å². The van der Waals surface area contributed by atoms with E-state index in [1.807, 2.05) is 0 Å². The normalized spacial score (nSPS) is 20.2. The highest BCUT2D eigenvalue weighted by Gasteiger charge is 2.22. The predicted molar refractivity (Wildman–Crippen MR) is 83.4 cm³/mol. The van der Waals surface area contributed by atoms with Gasteiger partial charge in [0, 0.05) is 12.1 Å². The molecule has 0 aliphatic heterocycles. The Morgan fingerprint density at radius 2 is 1.74 bits per heavy atom. The Morgan fingerprint density at radius 1 is 1.11 bits per heavy atom. The average molecular weight is 259 g/mol. The molecule has 1 fully saturated rings. The van der Waals surface area contributed by atoms with Crippen molar-refractivity contribution in [2.24, 2.45) is 5.92 Å². The molecule has 1 aliphatic carbocycles. The lowest BCUT2D eigenvalue weighted by atomic mass is 9.84. The van der Waals surface area contributed by atoms with Crippen LogP contribution in [-0.4, -0.2) is 6.04 Å². The SMILES string of the molecule is CCC(N[C@H](C)C1CCCCC1)c1ccc(C)cc1. The van der Waals surface area contributed by atoms with Crippen LogP contribution in [0.2, 0.25) is 0 Å². The summed E-state index contributed by atoms with van der Waals surface area (Å²) in [7, 11) is 0. The van der Waals surface area contributed by atoms with Gasteiger partial charge in [-0.15, -0.1) is 0 Å². The zero-order valence-electron chi connectivity index (χ0n) is 12.8. The Labute approximate surface area is 118 Å². The highest BCUT2D eigenvalue weighted by molar-refractivity contribution is 5.24. The van der Waals surface area contributed by atoms with E-state index in [-0.39, 0.29) is 0 Å². The molecule has 19 heavy (non-hydrogen) atoms. The summed E-state index contributed by atoms with van der Waals surface area (Å²) in [6.45, 7) is 6.82. The van der Waals surface area contributed by atoms with Crippen molar-refractivity contribution in [3.8, 4) is 0 Å². The summed E-state index contributed by atoms with van der Waals surface area (Å²) in [5, 5.41) is 3.87. The fourth-order valence-electron chi connectivity index (χ4n) is 3.34. The van der Waals surface area contributed by atoms with E-state index >= 15 is 0 Å². The van der Waals surface area contributed by atoms with Crippen molar-refractivity contribution < 1.29 is 0 Å². The van der Waals surface area contributed by atoms with E-state index in [1.54, 1.807) is 0 Å². The molecule has 1 aromatic carbocycles. The molecule has 1 nitrogen and oxygen atoms in total. The number of benzene rings is 1. The monoisotopic (exact) mass is 259 g/mol. The fourth-order valence-corrected chi connectivity index (χ4v) is 3.34. The van der Waals surface area contributed by atoms with E-state index in [0.717, 1.165) is 5.92 Å². The van der Waals surface area contributed by atoms with Gasteiger partial charge in [0.05, 0.1) is 0 Å². The number of hydrogen-bond acceptors (Lipinski definition) is 1. The standard InChI is InChI=1S/C18H29N/c1-4-18(17-12-10-14(2)11-13-17)19-15(3)16-8-6-5-7-9-16/h10-13,15-16,18-19H,4-9H2,1-3H3/t15-,18?/m1/s1. The van der Waals surface area contributed by atoms with Crippen molar-refractivity contribution in [2.45, 2.75) is 71.4 Å². The molecule has 0 saturated heterocycles. The number of rotatable bonds is 5. The van der Waals surface area contributed by atoms with Gasteiger partial charge in [0.25, 0.3) is 0 Å². The van der Waals surface area contributed by atoms with Crippen LogP contribution in [0.4, 0.5) is 0 Å². The van der Waals surface area contributed by atoms with Gasteiger partial charge in [0.15, 0.2) is 0 Å². The zero-order chi connectivity index (χ0) is 13.7. The van der Waals surface area contributed by atoms with Crippen LogP contribution in [-0.2, 0) is 0 Å². The fraction of sp³-hybridized carbons (Fsp3) is 0.667. The molecule has 1 N–H and O–H groups in total. The van der Waals surface area contributed by atoms with Crippen molar-refractivity contribution in [2.75, 3.05) is 0 Å². The Morgan fingerprint density at radius 3 is 2.32 bits per heavy atom. The lowest BCUT2D eigenvalue weighted by Gasteiger charge is -2.31. The van der Waals surface area contributed by atoms with Gasteiger partial charge in [-0.05, 0) is 44.6 Å². The molecule has 1 aliphatic rings. The number of nitrogens with one attached hydrogen (secondary N) is 1. The lowest BCUT2D eigenvalue weighted by molar-refractivity contribution is 0.262. The van der Waals surface area contributed by atoms with E-state index < -0.39 is 0 Å². The minimum atomic E-state index is 0.512. The maximum absolute atomic E-state index is 3.87. The van der Waals surface area contributed by atoms with Crippen LogP contribution >= 0.6 is 0 Å². The minimum Gasteiger partial charge on any atom is -0.307 e. The third kappa shape index (κ3) is 4.07. The summed E-state index contributed by atoms with van der Waals surface area (Å²) < 4.78 is 0. The second-order valence-electron chi connectivity index (χ2n) is 6.22. The molecular weight excluding hydrogens is 230 g/mol. The minimum absolute atomic E-state index is 0.512. The topological polar surface area (TPSA) is 12.0 Å². The molecule has 1 heteroatoms. The average Bonchev–Trinajstić information content (AvgIpc) is 2.46. The second kappa shape index (κ2) is 7.09. The summed E-state index contributed by atoms with van der Waals surface area (Å²) >= 11 is 0. The molecule has 0 amide bonds. The van der Waals surface area contributed by atoms with Gasteiger partial charge in [-0.25, -0.2) is 0 Å². The molecule has 1 unspecified atom stereocenters. The Kier molecular flexibility index (Phi) is 5.45. The number of hydrogen-bond donors (Lipinski definition) is 1. The Bertz CT molecular complexity index is 362. The van der Waals surface area contributed by atoms with E-state index in [2.05, 4.69) is 50.4 Å². The molecule has 0 spiro atoms. The molecule has 1 saturated carbocycles. The summed E-state index contributed by atoms with van der Waals surface area (Å²) in [6.07, 6.45) is 8.30. The first-order valence-corrected chi connectivity index (χ1v) is 8.03. The van der Waals surface area contributed by atoms with Gasteiger partial charge in [-0.1, -0.05) is 56.0 Å². The van der Waals surface area contributed by atoms with Crippen LogP contribution < -0.4 is 5.32 Å². The maximum atomic E-state index is 3.87. The molecular formula is C18H29N. The Balaban J connectivity index is 1.96. The van der Waals surface area contributed by atoms with E-state index in [9.17, 15) is 0 Å². The molecule has 0 bridgehead atoms. The van der Waals surface area contributed by atoms with Gasteiger partial charge >= 0.3 is 0 Å². The van der Waals surface area contributed by atoms with Crippen LogP contribution in [0, 0.1) is 12.8 Å². The molecule has 106 valence electrons. The predicted octanol–water partition coefficient (Wildman–Crippen LogP) is 5.00. The number of aryl methyl sites for hydroxylation is 1. The third-order valence-electron chi connectivity index (χ3n) is 4.71. The van der Waals surface area contributed by atoms with Crippen LogP contribution in [0.25, 0.3) is 0 Å². The summed E-state index contributed by atoms with van der Waals surface area (Å²) in [6, 6.07) is 10.2. The van der Waals surface area contributed by atoms with Crippen LogP contribution in [0.3, 0.4) is 0 Å². The third-order valence-corrected chi connectivity index (χ3v) is 4.71. The van der Waals surface area contributed by atoms with E-state index in [1.165, 1.54) is 49.7 Å². The van der Waals surface area contributed by atoms with Crippen molar-refractivity contribution >= 4 is 0 Å². The van der Waals surface area contributed by atoms with Crippen LogP contribution in [0.15, 0.2) is 24.3 Å². The maximum Gasteiger partial charge on any atom is 0.0320 e. The largest absolute Gasteiger partial charge is 0.307 e. The zero-order valence-corrected chi connectivity index (χ0v) is 12.8. The first-order chi connectivity index (χ1) is 9.20. The summed E-state index contributed by atoms with van der Waals surface area (Å²) in [5.74, 6) is 0.883. The van der Waals surface area contributed by atoms with Crippen molar-refractivity contribution in [3.05, 3.63) is 35.4 Å². The molecule has 1 aromatic rings.